The minimum atomic E-state index is 0.763. The zero-order valence-corrected chi connectivity index (χ0v) is 10.7. The number of morpholine rings is 1. The minimum Gasteiger partial charge on any atom is -0.399 e. The predicted octanol–water partition coefficient (Wildman–Crippen LogP) is 1.30. The molecule has 2 rings (SSSR count). The van der Waals surface area contributed by atoms with Gasteiger partial charge in [-0.3, -0.25) is 4.90 Å². The highest BCUT2D eigenvalue weighted by atomic mass is 79.9. The monoisotopic (exact) mass is 285 g/mol. The summed E-state index contributed by atoms with van der Waals surface area (Å²) in [5, 5.41) is 0. The van der Waals surface area contributed by atoms with Crippen LogP contribution >= 0.6 is 15.9 Å². The molecule has 88 valence electrons. The fraction of sp³-hybridized carbons (Fsp3) is 0.545. The number of nitrogen functional groups attached to an aromatic ring is 1. The molecule has 0 saturated carbocycles. The first kappa shape index (κ1) is 11.8. The molecule has 0 atom stereocenters. The lowest BCUT2D eigenvalue weighted by Crippen LogP contribution is -2.37. The summed E-state index contributed by atoms with van der Waals surface area (Å²) < 4.78 is 6.11. The van der Waals surface area contributed by atoms with Crippen molar-refractivity contribution in [3.05, 3.63) is 22.4 Å². The van der Waals surface area contributed by atoms with Gasteiger partial charge in [-0.25, -0.2) is 4.98 Å². The summed E-state index contributed by atoms with van der Waals surface area (Å²) in [6, 6.07) is 3.75. The second-order valence-corrected chi connectivity index (χ2v) is 4.73. The Kier molecular flexibility index (Phi) is 4.15. The standard InChI is InChI=1S/C11H16BrN3O/c12-11-8-9(13)7-10(14-11)1-2-15-3-5-16-6-4-15/h7-8H,1-6H2,(H2,13,14). The third-order valence-corrected chi connectivity index (χ3v) is 3.06. The fourth-order valence-corrected chi connectivity index (χ4v) is 2.29. The van der Waals surface area contributed by atoms with E-state index in [0.29, 0.717) is 0 Å². The lowest BCUT2D eigenvalue weighted by Gasteiger charge is -2.26. The van der Waals surface area contributed by atoms with Gasteiger partial charge in [-0.05, 0) is 28.1 Å². The molecule has 0 unspecified atom stereocenters. The topological polar surface area (TPSA) is 51.4 Å². The van der Waals surface area contributed by atoms with Crippen LogP contribution in [0.2, 0.25) is 0 Å². The smallest absolute Gasteiger partial charge is 0.108 e. The van der Waals surface area contributed by atoms with E-state index < -0.39 is 0 Å². The molecule has 0 aliphatic carbocycles. The van der Waals surface area contributed by atoms with E-state index in [-0.39, 0.29) is 0 Å². The molecule has 0 radical (unpaired) electrons. The molecule has 0 aromatic carbocycles. The van der Waals surface area contributed by atoms with Crippen LogP contribution in [0, 0.1) is 0 Å². The molecule has 1 aromatic heterocycles. The van der Waals surface area contributed by atoms with Crippen molar-refractivity contribution in [1.29, 1.82) is 0 Å². The van der Waals surface area contributed by atoms with Crippen LogP contribution in [0.4, 0.5) is 5.69 Å². The maximum atomic E-state index is 5.76. The first-order valence-corrected chi connectivity index (χ1v) is 6.25. The molecular weight excluding hydrogens is 270 g/mol. The molecule has 1 aliphatic heterocycles. The highest BCUT2D eigenvalue weighted by Crippen LogP contribution is 2.13. The van der Waals surface area contributed by atoms with Gasteiger partial charge in [-0.1, -0.05) is 0 Å². The van der Waals surface area contributed by atoms with Gasteiger partial charge in [-0.2, -0.15) is 0 Å². The summed E-state index contributed by atoms with van der Waals surface area (Å²) in [4.78, 5) is 6.79. The molecule has 0 spiro atoms. The van der Waals surface area contributed by atoms with E-state index in [2.05, 4.69) is 25.8 Å². The molecule has 4 nitrogen and oxygen atoms in total. The maximum absolute atomic E-state index is 5.76. The van der Waals surface area contributed by atoms with Crippen LogP contribution in [0.3, 0.4) is 0 Å². The van der Waals surface area contributed by atoms with Crippen molar-refractivity contribution in [1.82, 2.24) is 9.88 Å². The number of hydrogen-bond acceptors (Lipinski definition) is 4. The van der Waals surface area contributed by atoms with Crippen LogP contribution < -0.4 is 5.73 Å². The van der Waals surface area contributed by atoms with Crippen LogP contribution in [0.1, 0.15) is 5.69 Å². The largest absolute Gasteiger partial charge is 0.399 e. The quantitative estimate of drug-likeness (QED) is 0.851. The van der Waals surface area contributed by atoms with E-state index in [1.165, 1.54) is 0 Å². The number of anilines is 1. The number of ether oxygens (including phenoxy) is 1. The van der Waals surface area contributed by atoms with Crippen molar-refractivity contribution in [2.45, 2.75) is 6.42 Å². The molecule has 0 bridgehead atoms. The summed E-state index contributed by atoms with van der Waals surface area (Å²) >= 11 is 3.35. The third kappa shape index (κ3) is 3.43. The van der Waals surface area contributed by atoms with Gasteiger partial charge in [0.05, 0.1) is 13.2 Å². The Hall–Kier alpha value is -0.650. The van der Waals surface area contributed by atoms with Crippen molar-refractivity contribution in [2.24, 2.45) is 0 Å². The summed E-state index contributed by atoms with van der Waals surface area (Å²) in [6.07, 6.45) is 0.934. The summed E-state index contributed by atoms with van der Waals surface area (Å²) in [7, 11) is 0. The van der Waals surface area contributed by atoms with Crippen LogP contribution in [0.15, 0.2) is 16.7 Å². The Labute approximate surface area is 104 Å². The van der Waals surface area contributed by atoms with Crippen LogP contribution in [0.5, 0.6) is 0 Å². The average molecular weight is 286 g/mol. The SMILES string of the molecule is Nc1cc(Br)nc(CCN2CCOCC2)c1. The third-order valence-electron chi connectivity index (χ3n) is 2.66. The number of nitrogens with two attached hydrogens (primary N) is 1. The molecule has 5 heteroatoms. The van der Waals surface area contributed by atoms with Gasteiger partial charge in [0.15, 0.2) is 0 Å². The van der Waals surface area contributed by atoms with Gasteiger partial charge in [-0.15, -0.1) is 0 Å². The second kappa shape index (κ2) is 5.61. The Bertz CT molecular complexity index is 333. The molecular formula is C11H16BrN3O. The Morgan fingerprint density at radius 2 is 2.12 bits per heavy atom. The lowest BCUT2D eigenvalue weighted by molar-refractivity contribution is 0.0383. The van der Waals surface area contributed by atoms with Gasteiger partial charge < -0.3 is 10.5 Å². The summed E-state index contributed by atoms with van der Waals surface area (Å²) in [5.74, 6) is 0. The van der Waals surface area contributed by atoms with E-state index in [9.17, 15) is 0 Å². The number of aromatic nitrogens is 1. The van der Waals surface area contributed by atoms with Crippen molar-refractivity contribution < 1.29 is 4.74 Å². The Morgan fingerprint density at radius 3 is 2.81 bits per heavy atom. The van der Waals surface area contributed by atoms with E-state index >= 15 is 0 Å². The van der Waals surface area contributed by atoms with Crippen LogP contribution in [-0.2, 0) is 11.2 Å². The lowest BCUT2D eigenvalue weighted by atomic mass is 10.2. The molecule has 0 amide bonds. The highest BCUT2D eigenvalue weighted by Gasteiger charge is 2.10. The molecule has 1 fully saturated rings. The Balaban J connectivity index is 1.88. The molecule has 2 N–H and O–H groups in total. The predicted molar refractivity (Wildman–Crippen MR) is 67.3 cm³/mol. The van der Waals surface area contributed by atoms with Gasteiger partial charge in [0.2, 0.25) is 0 Å². The van der Waals surface area contributed by atoms with Crippen LogP contribution in [-0.4, -0.2) is 42.7 Å². The number of nitrogens with zero attached hydrogens (tertiary/aromatic N) is 2. The van der Waals surface area contributed by atoms with E-state index in [0.717, 1.165) is 55.3 Å². The zero-order valence-electron chi connectivity index (χ0n) is 9.16. The number of halogens is 1. The summed E-state index contributed by atoms with van der Waals surface area (Å²) in [6.45, 7) is 4.74. The summed E-state index contributed by atoms with van der Waals surface area (Å²) in [5.41, 5.74) is 7.57. The van der Waals surface area contributed by atoms with Crippen molar-refractivity contribution in [2.75, 3.05) is 38.6 Å². The van der Waals surface area contributed by atoms with Gasteiger partial charge >= 0.3 is 0 Å². The second-order valence-electron chi connectivity index (χ2n) is 3.92. The zero-order chi connectivity index (χ0) is 11.4. The average Bonchev–Trinajstić information content (AvgIpc) is 2.27. The number of rotatable bonds is 3. The minimum absolute atomic E-state index is 0.763. The van der Waals surface area contributed by atoms with Crippen molar-refractivity contribution >= 4 is 21.6 Å². The normalized spacial score (nSPS) is 17.6. The molecule has 1 saturated heterocycles. The number of hydrogen-bond donors (Lipinski definition) is 1. The molecule has 1 aromatic rings. The maximum Gasteiger partial charge on any atom is 0.108 e. The van der Waals surface area contributed by atoms with Crippen molar-refractivity contribution in [3.8, 4) is 0 Å². The van der Waals surface area contributed by atoms with Gasteiger partial charge in [0.1, 0.15) is 4.60 Å². The van der Waals surface area contributed by atoms with Gasteiger partial charge in [0, 0.05) is 37.4 Å². The van der Waals surface area contributed by atoms with E-state index in [4.69, 9.17) is 10.5 Å². The molecule has 1 aliphatic rings. The van der Waals surface area contributed by atoms with Crippen molar-refractivity contribution in [3.63, 3.8) is 0 Å². The number of pyridine rings is 1. The molecule has 2 heterocycles. The van der Waals surface area contributed by atoms with E-state index in [1.54, 1.807) is 0 Å². The van der Waals surface area contributed by atoms with Crippen LogP contribution in [0.25, 0.3) is 0 Å². The fourth-order valence-electron chi connectivity index (χ4n) is 1.80. The van der Waals surface area contributed by atoms with E-state index in [1.807, 2.05) is 12.1 Å². The highest BCUT2D eigenvalue weighted by molar-refractivity contribution is 9.10. The Morgan fingerprint density at radius 1 is 1.38 bits per heavy atom. The molecule has 16 heavy (non-hydrogen) atoms. The first-order valence-electron chi connectivity index (χ1n) is 5.46. The first-order chi connectivity index (χ1) is 7.74. The van der Waals surface area contributed by atoms with Gasteiger partial charge in [0.25, 0.3) is 0 Å².